The maximum Gasteiger partial charge on any atom is 0.255 e. The highest BCUT2D eigenvalue weighted by Gasteiger charge is 2.33. The minimum atomic E-state index is 0.137. The van der Waals surface area contributed by atoms with E-state index in [4.69, 9.17) is 0 Å². The molecule has 1 saturated carbocycles. The number of benzene rings is 3. The number of carbonyl (C=O) groups is 1. The van der Waals surface area contributed by atoms with Crippen molar-refractivity contribution in [3.8, 4) is 0 Å². The van der Waals surface area contributed by atoms with Crippen LogP contribution in [0.3, 0.4) is 0 Å². The van der Waals surface area contributed by atoms with Gasteiger partial charge in [-0.15, -0.1) is 0 Å². The molecule has 0 atom stereocenters. The summed E-state index contributed by atoms with van der Waals surface area (Å²) in [4.78, 5) is 18.7. The van der Waals surface area contributed by atoms with Gasteiger partial charge in [-0.1, -0.05) is 42.5 Å². The first-order chi connectivity index (χ1) is 12.8. The fourth-order valence-electron chi connectivity index (χ4n) is 3.72. The third-order valence-electron chi connectivity index (χ3n) is 5.24. The highest BCUT2D eigenvalue weighted by Crippen LogP contribution is 2.31. The number of nitrogens with one attached hydrogen (secondary N) is 1. The van der Waals surface area contributed by atoms with Crippen LogP contribution >= 0.6 is 0 Å². The quantitative estimate of drug-likeness (QED) is 0.549. The summed E-state index contributed by atoms with van der Waals surface area (Å²) in [5.41, 5.74) is 3.11. The molecule has 0 unspecified atom stereocenters. The molecule has 1 N–H and O–H groups in total. The second kappa shape index (κ2) is 6.03. The second-order valence-corrected chi connectivity index (χ2v) is 7.09. The third-order valence-corrected chi connectivity index (χ3v) is 5.24. The molecule has 1 aromatic heterocycles. The summed E-state index contributed by atoms with van der Waals surface area (Å²) < 4.78 is 0. The molecule has 128 valence electrons. The number of fused-ring (bicyclic) bond motifs is 2. The van der Waals surface area contributed by atoms with Crippen LogP contribution in [-0.4, -0.2) is 21.8 Å². The van der Waals surface area contributed by atoms with Crippen molar-refractivity contribution in [1.82, 2.24) is 9.88 Å². The Morgan fingerprint density at radius 3 is 2.69 bits per heavy atom. The van der Waals surface area contributed by atoms with E-state index in [2.05, 4.69) is 46.3 Å². The van der Waals surface area contributed by atoms with Gasteiger partial charge in [-0.2, -0.15) is 0 Å². The summed E-state index contributed by atoms with van der Waals surface area (Å²) in [6.07, 6.45) is 4.15. The molecular weight excluding hydrogens is 320 g/mol. The van der Waals surface area contributed by atoms with Gasteiger partial charge in [0.15, 0.2) is 0 Å². The van der Waals surface area contributed by atoms with E-state index in [0.717, 1.165) is 34.7 Å². The van der Waals surface area contributed by atoms with Gasteiger partial charge in [0.2, 0.25) is 0 Å². The average molecular weight is 340 g/mol. The van der Waals surface area contributed by atoms with Gasteiger partial charge in [0.1, 0.15) is 0 Å². The molecule has 3 nitrogen and oxygen atoms in total. The fraction of sp³-hybridized carbons (Fsp3) is 0.174. The van der Waals surface area contributed by atoms with Crippen LogP contribution in [0.1, 0.15) is 28.8 Å². The number of amides is 1. The van der Waals surface area contributed by atoms with E-state index in [-0.39, 0.29) is 5.91 Å². The van der Waals surface area contributed by atoms with Crippen molar-refractivity contribution >= 4 is 27.6 Å². The average Bonchev–Trinajstić information content (AvgIpc) is 3.42. The van der Waals surface area contributed by atoms with Crippen LogP contribution in [-0.2, 0) is 6.54 Å². The van der Waals surface area contributed by atoms with Gasteiger partial charge in [-0.05, 0) is 58.8 Å². The molecule has 3 heteroatoms. The molecule has 0 saturated heterocycles. The molecule has 1 aliphatic rings. The van der Waals surface area contributed by atoms with Gasteiger partial charge in [-0.25, -0.2) is 0 Å². The number of hydrogen-bond donors (Lipinski definition) is 1. The Morgan fingerprint density at radius 1 is 0.962 bits per heavy atom. The van der Waals surface area contributed by atoms with Crippen molar-refractivity contribution in [2.24, 2.45) is 0 Å². The monoisotopic (exact) mass is 340 g/mol. The maximum atomic E-state index is 13.4. The van der Waals surface area contributed by atoms with Crippen LogP contribution in [0.15, 0.2) is 72.9 Å². The summed E-state index contributed by atoms with van der Waals surface area (Å²) in [6, 6.07) is 22.9. The predicted octanol–water partition coefficient (Wildman–Crippen LogP) is 5.13. The molecule has 0 radical (unpaired) electrons. The number of aromatic nitrogens is 1. The smallest absolute Gasteiger partial charge is 0.255 e. The van der Waals surface area contributed by atoms with Crippen LogP contribution in [0.5, 0.6) is 0 Å². The highest BCUT2D eigenvalue weighted by molar-refractivity contribution is 6.07. The molecule has 5 rings (SSSR count). The lowest BCUT2D eigenvalue weighted by molar-refractivity contribution is 0.0732. The zero-order valence-electron chi connectivity index (χ0n) is 14.5. The molecular formula is C23H20N2O. The van der Waals surface area contributed by atoms with Crippen LogP contribution in [0.2, 0.25) is 0 Å². The molecule has 0 aliphatic heterocycles. The van der Waals surface area contributed by atoms with Crippen LogP contribution in [0.25, 0.3) is 21.7 Å². The normalized spacial score (nSPS) is 14.0. The Morgan fingerprint density at radius 2 is 1.81 bits per heavy atom. The van der Waals surface area contributed by atoms with Gasteiger partial charge in [-0.3, -0.25) is 4.79 Å². The van der Waals surface area contributed by atoms with Gasteiger partial charge < -0.3 is 9.88 Å². The lowest BCUT2D eigenvalue weighted by Crippen LogP contribution is -2.32. The Balaban J connectivity index is 1.51. The van der Waals surface area contributed by atoms with Crippen molar-refractivity contribution in [3.63, 3.8) is 0 Å². The summed E-state index contributed by atoms with van der Waals surface area (Å²) in [6.45, 7) is 0.661. The molecule has 1 amide bonds. The van der Waals surface area contributed by atoms with E-state index < -0.39 is 0 Å². The van der Waals surface area contributed by atoms with E-state index >= 15 is 0 Å². The Kier molecular flexibility index (Phi) is 3.52. The summed E-state index contributed by atoms with van der Waals surface area (Å²) in [5.74, 6) is 0.137. The highest BCUT2D eigenvalue weighted by atomic mass is 16.2. The van der Waals surface area contributed by atoms with Gasteiger partial charge in [0, 0.05) is 29.9 Å². The van der Waals surface area contributed by atoms with Gasteiger partial charge in [0.25, 0.3) is 5.91 Å². The Labute approximate surface area is 152 Å². The van der Waals surface area contributed by atoms with Crippen molar-refractivity contribution in [2.45, 2.75) is 25.4 Å². The van der Waals surface area contributed by atoms with Crippen molar-refractivity contribution < 1.29 is 4.79 Å². The molecule has 1 heterocycles. The predicted molar refractivity (Wildman–Crippen MR) is 105 cm³/mol. The lowest BCUT2D eigenvalue weighted by Gasteiger charge is -2.23. The van der Waals surface area contributed by atoms with E-state index in [1.165, 1.54) is 10.9 Å². The summed E-state index contributed by atoms with van der Waals surface area (Å²) in [7, 11) is 0. The van der Waals surface area contributed by atoms with Crippen molar-refractivity contribution in [2.75, 3.05) is 0 Å². The SMILES string of the molecule is O=C(c1cccc2ccccc12)N(Cc1ccc2[nH]ccc2c1)C1CC1. The molecule has 3 aromatic carbocycles. The van der Waals surface area contributed by atoms with E-state index in [1.54, 1.807) is 0 Å². The lowest BCUT2D eigenvalue weighted by atomic mass is 10.0. The summed E-state index contributed by atoms with van der Waals surface area (Å²) >= 11 is 0. The van der Waals surface area contributed by atoms with Crippen LogP contribution in [0.4, 0.5) is 0 Å². The van der Waals surface area contributed by atoms with Crippen LogP contribution in [0, 0.1) is 0 Å². The zero-order valence-corrected chi connectivity index (χ0v) is 14.5. The van der Waals surface area contributed by atoms with E-state index in [9.17, 15) is 4.79 Å². The third kappa shape index (κ3) is 2.66. The fourth-order valence-corrected chi connectivity index (χ4v) is 3.72. The summed E-state index contributed by atoms with van der Waals surface area (Å²) in [5, 5.41) is 3.34. The number of carbonyl (C=O) groups excluding carboxylic acids is 1. The molecule has 0 bridgehead atoms. The van der Waals surface area contributed by atoms with Crippen molar-refractivity contribution in [1.29, 1.82) is 0 Å². The maximum absolute atomic E-state index is 13.4. The van der Waals surface area contributed by atoms with Gasteiger partial charge >= 0.3 is 0 Å². The number of rotatable bonds is 4. The zero-order chi connectivity index (χ0) is 17.5. The first kappa shape index (κ1) is 15.2. The number of H-pyrrole nitrogens is 1. The van der Waals surface area contributed by atoms with Crippen molar-refractivity contribution in [3.05, 3.63) is 84.1 Å². The molecule has 4 aromatic rings. The minimum absolute atomic E-state index is 0.137. The first-order valence-corrected chi connectivity index (χ1v) is 9.14. The molecule has 1 aliphatic carbocycles. The molecule has 0 spiro atoms. The number of nitrogens with zero attached hydrogens (tertiary/aromatic N) is 1. The van der Waals surface area contributed by atoms with E-state index in [0.29, 0.717) is 12.6 Å². The minimum Gasteiger partial charge on any atom is -0.361 e. The molecule has 26 heavy (non-hydrogen) atoms. The second-order valence-electron chi connectivity index (χ2n) is 7.09. The number of aromatic amines is 1. The largest absolute Gasteiger partial charge is 0.361 e. The molecule has 1 fully saturated rings. The topological polar surface area (TPSA) is 36.1 Å². The van der Waals surface area contributed by atoms with E-state index in [1.807, 2.05) is 36.5 Å². The van der Waals surface area contributed by atoms with Crippen LogP contribution < -0.4 is 0 Å². The number of hydrogen-bond acceptors (Lipinski definition) is 1. The van der Waals surface area contributed by atoms with Gasteiger partial charge in [0.05, 0.1) is 0 Å². The standard InChI is InChI=1S/C23H20N2O/c26-23(21-7-3-5-17-4-1-2-6-20(17)21)25(19-9-10-19)15-16-8-11-22-18(14-16)12-13-24-22/h1-8,11-14,19,24H,9-10,15H2. The first-order valence-electron chi connectivity index (χ1n) is 9.14. The Bertz CT molecular complexity index is 1100. The Hall–Kier alpha value is -3.07.